The molecule has 0 bridgehead atoms. The number of alkyl halides is 1. The molecule has 4 nitrogen and oxygen atoms in total. The van der Waals surface area contributed by atoms with Gasteiger partial charge in [-0.1, -0.05) is 6.42 Å². The molecule has 0 aliphatic carbocycles. The molecule has 1 rings (SSSR count). The molecular weight excluding hydrogens is 266 g/mol. The number of unbranched alkanes of at least 4 members (excludes halogenated alkanes) is 2. The number of benzene rings is 1. The van der Waals surface area contributed by atoms with Crippen LogP contribution in [0.4, 0.5) is 0 Å². The second-order valence-corrected chi connectivity index (χ2v) is 4.45. The Labute approximate surface area is 119 Å². The SMILES string of the molecule is COc1ccc(C(=O)NCCCCCCl)cc1OC. The van der Waals surface area contributed by atoms with Crippen LogP contribution in [-0.4, -0.2) is 32.6 Å². The Morgan fingerprint density at radius 2 is 1.89 bits per heavy atom. The van der Waals surface area contributed by atoms with Gasteiger partial charge in [-0.2, -0.15) is 0 Å². The molecule has 5 heteroatoms. The van der Waals surface area contributed by atoms with Crippen LogP contribution >= 0.6 is 11.6 Å². The third-order valence-corrected chi connectivity index (χ3v) is 3.01. The third-order valence-electron chi connectivity index (χ3n) is 2.74. The van der Waals surface area contributed by atoms with Gasteiger partial charge in [0, 0.05) is 18.0 Å². The second kappa shape index (κ2) is 8.64. The van der Waals surface area contributed by atoms with Gasteiger partial charge in [-0.15, -0.1) is 11.6 Å². The fourth-order valence-electron chi connectivity index (χ4n) is 1.68. The van der Waals surface area contributed by atoms with Gasteiger partial charge in [0.25, 0.3) is 5.91 Å². The molecule has 0 aliphatic heterocycles. The Hall–Kier alpha value is -1.42. The van der Waals surface area contributed by atoms with Crippen LogP contribution in [0.1, 0.15) is 29.6 Å². The van der Waals surface area contributed by atoms with Crippen molar-refractivity contribution in [3.8, 4) is 11.5 Å². The molecule has 1 aromatic carbocycles. The molecule has 0 aromatic heterocycles. The maximum absolute atomic E-state index is 11.9. The number of carbonyl (C=O) groups excluding carboxylic acids is 1. The van der Waals surface area contributed by atoms with Crippen LogP contribution < -0.4 is 14.8 Å². The molecule has 0 fully saturated rings. The highest BCUT2D eigenvalue weighted by Crippen LogP contribution is 2.27. The number of nitrogens with one attached hydrogen (secondary N) is 1. The monoisotopic (exact) mass is 285 g/mol. The van der Waals surface area contributed by atoms with Gasteiger partial charge in [0.05, 0.1) is 14.2 Å². The predicted molar refractivity (Wildman–Crippen MR) is 76.5 cm³/mol. The van der Waals surface area contributed by atoms with E-state index in [0.717, 1.165) is 19.3 Å². The summed E-state index contributed by atoms with van der Waals surface area (Å²) in [5, 5.41) is 2.87. The topological polar surface area (TPSA) is 47.6 Å². The van der Waals surface area contributed by atoms with E-state index in [-0.39, 0.29) is 5.91 Å². The lowest BCUT2D eigenvalue weighted by molar-refractivity contribution is 0.0952. The van der Waals surface area contributed by atoms with E-state index in [1.165, 1.54) is 0 Å². The van der Waals surface area contributed by atoms with E-state index in [1.54, 1.807) is 32.4 Å². The number of amides is 1. The van der Waals surface area contributed by atoms with E-state index in [9.17, 15) is 4.79 Å². The van der Waals surface area contributed by atoms with Crippen LogP contribution in [0.5, 0.6) is 11.5 Å². The predicted octanol–water partition coefficient (Wildman–Crippen LogP) is 2.84. The summed E-state index contributed by atoms with van der Waals surface area (Å²) in [6.07, 6.45) is 2.94. The van der Waals surface area contributed by atoms with Crippen molar-refractivity contribution in [2.45, 2.75) is 19.3 Å². The molecule has 0 radical (unpaired) electrons. The first kappa shape index (κ1) is 15.6. The van der Waals surface area contributed by atoms with E-state index in [0.29, 0.717) is 29.5 Å². The largest absolute Gasteiger partial charge is 0.493 e. The number of ether oxygens (including phenoxy) is 2. The van der Waals surface area contributed by atoms with Gasteiger partial charge in [-0.05, 0) is 31.0 Å². The first-order valence-corrected chi connectivity index (χ1v) is 6.82. The molecule has 106 valence electrons. The fraction of sp³-hybridized carbons (Fsp3) is 0.500. The Kier molecular flexibility index (Phi) is 7.11. The molecule has 0 unspecified atom stereocenters. The Morgan fingerprint density at radius 3 is 2.53 bits per heavy atom. The zero-order valence-corrected chi connectivity index (χ0v) is 12.1. The summed E-state index contributed by atoms with van der Waals surface area (Å²) in [7, 11) is 3.11. The summed E-state index contributed by atoms with van der Waals surface area (Å²) in [6, 6.07) is 5.11. The van der Waals surface area contributed by atoms with Crippen LogP contribution in [0.2, 0.25) is 0 Å². The number of halogens is 1. The average Bonchev–Trinajstić information content (AvgIpc) is 2.46. The third kappa shape index (κ3) is 4.99. The van der Waals surface area contributed by atoms with Gasteiger partial charge < -0.3 is 14.8 Å². The van der Waals surface area contributed by atoms with Gasteiger partial charge in [-0.25, -0.2) is 0 Å². The quantitative estimate of drug-likeness (QED) is 0.590. The Bertz CT molecular complexity index is 410. The highest BCUT2D eigenvalue weighted by Gasteiger charge is 2.09. The van der Waals surface area contributed by atoms with Crippen molar-refractivity contribution in [2.24, 2.45) is 0 Å². The maximum atomic E-state index is 11.9. The van der Waals surface area contributed by atoms with Gasteiger partial charge in [0.2, 0.25) is 0 Å². The first-order chi connectivity index (χ1) is 9.22. The number of hydrogen-bond donors (Lipinski definition) is 1. The summed E-state index contributed by atoms with van der Waals surface area (Å²) in [5.41, 5.74) is 0.565. The molecule has 1 aromatic rings. The zero-order valence-electron chi connectivity index (χ0n) is 11.4. The molecule has 0 heterocycles. The molecule has 1 amide bonds. The lowest BCUT2D eigenvalue weighted by Crippen LogP contribution is -2.24. The van der Waals surface area contributed by atoms with Crippen molar-refractivity contribution < 1.29 is 14.3 Å². The van der Waals surface area contributed by atoms with Crippen molar-refractivity contribution >= 4 is 17.5 Å². The first-order valence-electron chi connectivity index (χ1n) is 6.29. The Morgan fingerprint density at radius 1 is 1.16 bits per heavy atom. The van der Waals surface area contributed by atoms with Crippen LogP contribution in [0.3, 0.4) is 0 Å². The second-order valence-electron chi connectivity index (χ2n) is 4.08. The number of methoxy groups -OCH3 is 2. The van der Waals surface area contributed by atoms with E-state index in [1.807, 2.05) is 0 Å². The van der Waals surface area contributed by atoms with E-state index < -0.39 is 0 Å². The van der Waals surface area contributed by atoms with Crippen LogP contribution in [0, 0.1) is 0 Å². The highest BCUT2D eigenvalue weighted by atomic mass is 35.5. The summed E-state index contributed by atoms with van der Waals surface area (Å²) < 4.78 is 10.3. The van der Waals surface area contributed by atoms with E-state index in [4.69, 9.17) is 21.1 Å². The van der Waals surface area contributed by atoms with Gasteiger partial charge in [0.1, 0.15) is 0 Å². The van der Waals surface area contributed by atoms with Crippen LogP contribution in [0.15, 0.2) is 18.2 Å². The molecule has 0 atom stereocenters. The number of hydrogen-bond acceptors (Lipinski definition) is 3. The standard InChI is InChI=1S/C14H20ClNO3/c1-18-12-7-6-11(10-13(12)19-2)14(17)16-9-5-3-4-8-15/h6-7,10H,3-5,8-9H2,1-2H3,(H,16,17). The minimum atomic E-state index is -0.105. The van der Waals surface area contributed by atoms with Crippen LogP contribution in [-0.2, 0) is 0 Å². The highest BCUT2D eigenvalue weighted by molar-refractivity contribution is 6.17. The summed E-state index contributed by atoms with van der Waals surface area (Å²) in [4.78, 5) is 11.9. The van der Waals surface area contributed by atoms with E-state index >= 15 is 0 Å². The minimum absolute atomic E-state index is 0.105. The lowest BCUT2D eigenvalue weighted by atomic mass is 10.2. The summed E-state index contributed by atoms with van der Waals surface area (Å²) in [5.74, 6) is 1.73. The van der Waals surface area contributed by atoms with Gasteiger partial charge >= 0.3 is 0 Å². The van der Waals surface area contributed by atoms with E-state index in [2.05, 4.69) is 5.32 Å². The summed E-state index contributed by atoms with van der Waals surface area (Å²) in [6.45, 7) is 0.657. The number of carbonyl (C=O) groups is 1. The molecule has 1 N–H and O–H groups in total. The van der Waals surface area contributed by atoms with Crippen molar-refractivity contribution in [3.05, 3.63) is 23.8 Å². The summed E-state index contributed by atoms with van der Waals surface area (Å²) >= 11 is 5.59. The molecule has 0 saturated heterocycles. The van der Waals surface area contributed by atoms with Crippen LogP contribution in [0.25, 0.3) is 0 Å². The van der Waals surface area contributed by atoms with Crippen molar-refractivity contribution in [2.75, 3.05) is 26.6 Å². The zero-order chi connectivity index (χ0) is 14.1. The number of rotatable bonds is 8. The van der Waals surface area contributed by atoms with Crippen molar-refractivity contribution in [1.82, 2.24) is 5.32 Å². The fourth-order valence-corrected chi connectivity index (χ4v) is 1.87. The van der Waals surface area contributed by atoms with Crippen molar-refractivity contribution in [3.63, 3.8) is 0 Å². The van der Waals surface area contributed by atoms with Gasteiger partial charge in [-0.3, -0.25) is 4.79 Å². The molecule has 0 spiro atoms. The minimum Gasteiger partial charge on any atom is -0.493 e. The normalized spacial score (nSPS) is 10.1. The smallest absolute Gasteiger partial charge is 0.251 e. The molecular formula is C14H20ClNO3. The maximum Gasteiger partial charge on any atom is 0.251 e. The van der Waals surface area contributed by atoms with Gasteiger partial charge in [0.15, 0.2) is 11.5 Å². The average molecular weight is 286 g/mol. The Balaban J connectivity index is 2.52. The molecule has 0 aliphatic rings. The molecule has 19 heavy (non-hydrogen) atoms. The van der Waals surface area contributed by atoms with Crippen molar-refractivity contribution in [1.29, 1.82) is 0 Å². The molecule has 0 saturated carbocycles. The lowest BCUT2D eigenvalue weighted by Gasteiger charge is -2.10.